The second-order valence-corrected chi connectivity index (χ2v) is 33.2. The first-order valence-electron chi connectivity index (χ1n) is 42.0. The van der Waals surface area contributed by atoms with Gasteiger partial charge in [-0.1, -0.05) is 352 Å². The van der Waals surface area contributed by atoms with Crippen LogP contribution < -0.4 is 9.80 Å². The summed E-state index contributed by atoms with van der Waals surface area (Å²) in [5.41, 5.74) is 29.4. The van der Waals surface area contributed by atoms with E-state index >= 15 is 0 Å². The standard InChI is InChI=1S/C60H42N4S.C54H38N4/c1-39-35-44(59-62-57(42-23-9-4-10-24-42)61-58(63-59)43-25-11-5-12-26-43)36-40(2)55(39)64-52-32-18-16-30-50(52)60(45-27-13-6-14-28-45,51-31-17-19-33-53(51)64)46-37-48(41-21-7-3-8-22-41)56-49(38-46)47-29-15-20-34-54(47)65-56;1-53(44-27-13-11-25-42(44)43-26-12-14-28-45(43)53)54(40-23-9-4-10-24-40)46-29-15-17-31-48(46)58(49-32-18-16-30-47(49)54)41-35-33-39(34-36-41)52-56-50(37-19-5-2-6-20-37)55-51(57-52)38-21-7-3-8-22-38/h3-38H,1-2H3;2-36H,1H3. The summed E-state index contributed by atoms with van der Waals surface area (Å²) in [6.07, 6.45) is 0. The van der Waals surface area contributed by atoms with E-state index in [4.69, 9.17) is 29.9 Å². The highest BCUT2D eigenvalue weighted by Gasteiger charge is 2.61. The van der Waals surface area contributed by atoms with Crippen LogP contribution in [0.1, 0.15) is 68.1 Å². The van der Waals surface area contributed by atoms with Crippen LogP contribution in [0.2, 0.25) is 0 Å². The van der Waals surface area contributed by atoms with E-state index in [2.05, 4.69) is 364 Å². The van der Waals surface area contributed by atoms with E-state index in [1.54, 1.807) is 0 Å². The largest absolute Gasteiger partial charge is 0.310 e. The second-order valence-electron chi connectivity index (χ2n) is 32.1. The van der Waals surface area contributed by atoms with E-state index < -0.39 is 16.2 Å². The van der Waals surface area contributed by atoms with Gasteiger partial charge in [0.1, 0.15) is 0 Å². The molecule has 2 aliphatic heterocycles. The predicted molar refractivity (Wildman–Crippen MR) is 506 cm³/mol. The predicted octanol–water partition coefficient (Wildman–Crippen LogP) is 28.7. The van der Waals surface area contributed by atoms with E-state index in [9.17, 15) is 0 Å². The first kappa shape index (κ1) is 73.9. The van der Waals surface area contributed by atoms with Gasteiger partial charge in [-0.2, -0.15) is 0 Å². The molecule has 0 spiro atoms. The van der Waals surface area contributed by atoms with Crippen molar-refractivity contribution >= 4 is 65.6 Å². The molecule has 0 saturated carbocycles. The molecular formula is C114H80N8S. The first-order chi connectivity index (χ1) is 60.7. The number of thiophene rings is 1. The van der Waals surface area contributed by atoms with Crippen molar-refractivity contribution in [2.24, 2.45) is 0 Å². The van der Waals surface area contributed by atoms with E-state index in [0.717, 1.165) is 78.6 Å². The molecule has 0 amide bonds. The minimum absolute atomic E-state index is 0.463. The number of benzene rings is 17. The molecule has 17 aromatic carbocycles. The summed E-state index contributed by atoms with van der Waals surface area (Å²) in [6.45, 7) is 6.91. The van der Waals surface area contributed by atoms with Gasteiger partial charge in [0, 0.05) is 64.7 Å². The van der Waals surface area contributed by atoms with Gasteiger partial charge >= 0.3 is 0 Å². The lowest BCUT2D eigenvalue weighted by Crippen LogP contribution is -2.51. The molecule has 0 atom stereocenters. The van der Waals surface area contributed by atoms with Gasteiger partial charge in [0.25, 0.3) is 0 Å². The Kier molecular flexibility index (Phi) is 18.3. The second kappa shape index (κ2) is 30.4. The summed E-state index contributed by atoms with van der Waals surface area (Å²) in [4.78, 5) is 35.1. The quantitative estimate of drug-likeness (QED) is 0.113. The van der Waals surface area contributed by atoms with Crippen molar-refractivity contribution in [1.82, 2.24) is 29.9 Å². The topological polar surface area (TPSA) is 83.8 Å². The maximum Gasteiger partial charge on any atom is 0.164 e. The fourth-order valence-electron chi connectivity index (χ4n) is 20.1. The van der Waals surface area contributed by atoms with E-state index in [-0.39, 0.29) is 0 Å². The molecule has 0 unspecified atom stereocenters. The number of nitrogens with zero attached hydrogens (tertiary/aromatic N) is 8. The number of fused-ring (bicyclic) bond motifs is 10. The molecule has 9 heteroatoms. The summed E-state index contributed by atoms with van der Waals surface area (Å²) in [5, 5.41) is 2.56. The Hall–Kier alpha value is -15.4. The molecule has 1 aliphatic carbocycles. The minimum Gasteiger partial charge on any atom is -0.310 e. The lowest BCUT2D eigenvalue weighted by atomic mass is 9.50. The van der Waals surface area contributed by atoms with Crippen molar-refractivity contribution in [2.45, 2.75) is 37.0 Å². The van der Waals surface area contributed by atoms with Gasteiger partial charge in [-0.15, -0.1) is 11.3 Å². The van der Waals surface area contributed by atoms with Gasteiger partial charge in [-0.25, -0.2) is 29.9 Å². The third-order valence-electron chi connectivity index (χ3n) is 25.3. The van der Waals surface area contributed by atoms with E-state index in [1.807, 2.05) is 108 Å². The van der Waals surface area contributed by atoms with Gasteiger partial charge < -0.3 is 9.80 Å². The monoisotopic (exact) mass is 1590 g/mol. The first-order valence-corrected chi connectivity index (χ1v) is 42.8. The number of para-hydroxylation sites is 4. The Morgan fingerprint density at radius 1 is 0.244 bits per heavy atom. The van der Waals surface area contributed by atoms with Crippen LogP contribution in [-0.4, -0.2) is 29.9 Å². The lowest BCUT2D eigenvalue weighted by molar-refractivity contribution is 0.395. The third kappa shape index (κ3) is 12.1. The summed E-state index contributed by atoms with van der Waals surface area (Å²) < 4.78 is 2.60. The van der Waals surface area contributed by atoms with Gasteiger partial charge in [-0.3, -0.25) is 0 Å². The van der Waals surface area contributed by atoms with Gasteiger partial charge in [0.15, 0.2) is 34.9 Å². The highest BCUT2D eigenvalue weighted by molar-refractivity contribution is 7.26. The van der Waals surface area contributed by atoms with Crippen LogP contribution in [0.15, 0.2) is 431 Å². The number of hydrogen-bond acceptors (Lipinski definition) is 9. The number of aryl methyl sites for hydroxylation is 2. The van der Waals surface area contributed by atoms with Crippen molar-refractivity contribution < 1.29 is 0 Å². The SMILES string of the molecule is CC1(C2(c3ccccc3)c3ccccc3N(c3ccc(-c4nc(-c5ccccc5)nc(-c5ccccc5)n4)cc3)c3ccccc32)c2ccccc2-c2ccccc21.Cc1cc(-c2nc(-c3ccccc3)nc(-c3ccccc3)n2)cc(C)c1N1c2ccccc2C(c2ccccc2)(c2cc(-c3ccccc3)c3sc4ccccc4c3c2)c2ccccc21. The highest BCUT2D eigenvalue weighted by atomic mass is 32.1. The Morgan fingerprint density at radius 3 is 1.02 bits per heavy atom. The van der Waals surface area contributed by atoms with Gasteiger partial charge in [0.05, 0.1) is 39.3 Å². The molecule has 0 fully saturated rings. The Labute approximate surface area is 719 Å². The van der Waals surface area contributed by atoms with Crippen molar-refractivity contribution in [1.29, 1.82) is 0 Å². The fraction of sp³-hybridized carbons (Fsp3) is 0.0526. The molecule has 20 aromatic rings. The fourth-order valence-corrected chi connectivity index (χ4v) is 21.3. The molecule has 582 valence electrons. The van der Waals surface area contributed by atoms with Crippen LogP contribution >= 0.6 is 11.3 Å². The van der Waals surface area contributed by atoms with Crippen LogP contribution in [0, 0.1) is 13.8 Å². The molecule has 0 saturated heterocycles. The zero-order valence-corrected chi connectivity index (χ0v) is 68.8. The number of rotatable bonds is 13. The summed E-state index contributed by atoms with van der Waals surface area (Å²) >= 11 is 1.88. The number of anilines is 6. The number of aromatic nitrogens is 6. The average Bonchev–Trinajstić information content (AvgIpc) is 1.59. The summed E-state index contributed by atoms with van der Waals surface area (Å²) in [5.74, 6) is 3.86. The molecule has 5 heterocycles. The lowest BCUT2D eigenvalue weighted by Gasteiger charge is -2.54. The zero-order valence-electron chi connectivity index (χ0n) is 68.0. The molecule has 0 N–H and O–H groups in total. The third-order valence-corrected chi connectivity index (χ3v) is 26.6. The molecule has 3 aliphatic rings. The zero-order chi connectivity index (χ0) is 82.2. The van der Waals surface area contributed by atoms with Crippen molar-refractivity contribution in [3.63, 3.8) is 0 Å². The van der Waals surface area contributed by atoms with Crippen LogP contribution in [0.25, 0.3) is 111 Å². The molecule has 0 bridgehead atoms. The van der Waals surface area contributed by atoms with Crippen LogP contribution in [0.4, 0.5) is 34.1 Å². The van der Waals surface area contributed by atoms with Crippen LogP contribution in [-0.2, 0) is 16.2 Å². The maximum atomic E-state index is 5.11. The maximum absolute atomic E-state index is 5.11. The smallest absolute Gasteiger partial charge is 0.164 e. The minimum atomic E-state index is -0.667. The summed E-state index contributed by atoms with van der Waals surface area (Å²) in [6, 6.07) is 155. The van der Waals surface area contributed by atoms with Crippen molar-refractivity contribution in [2.75, 3.05) is 9.80 Å². The molecule has 23 rings (SSSR count). The number of hydrogen-bond donors (Lipinski definition) is 0. The van der Waals surface area contributed by atoms with Crippen molar-refractivity contribution in [3.05, 3.63) is 492 Å². The van der Waals surface area contributed by atoms with Crippen LogP contribution in [0.5, 0.6) is 0 Å². The van der Waals surface area contributed by atoms with Gasteiger partial charge in [-0.05, 0) is 183 Å². The Morgan fingerprint density at radius 2 is 0.577 bits per heavy atom. The van der Waals surface area contributed by atoms with E-state index in [1.165, 1.54) is 92.5 Å². The normalized spacial score (nSPS) is 13.5. The van der Waals surface area contributed by atoms with E-state index in [0.29, 0.717) is 34.9 Å². The van der Waals surface area contributed by atoms with Crippen LogP contribution in [0.3, 0.4) is 0 Å². The molecule has 8 nitrogen and oxygen atoms in total. The molecular weight excluding hydrogens is 1510 g/mol. The molecule has 3 aromatic heterocycles. The molecule has 123 heavy (non-hydrogen) atoms. The summed E-state index contributed by atoms with van der Waals surface area (Å²) in [7, 11) is 0. The Bertz CT molecular complexity index is 7130. The average molecular weight is 1590 g/mol. The van der Waals surface area contributed by atoms with Crippen molar-refractivity contribution in [3.8, 4) is 90.6 Å². The highest BCUT2D eigenvalue weighted by Crippen LogP contribution is 2.68. The molecule has 0 radical (unpaired) electrons. The Balaban J connectivity index is 0.000000148. The van der Waals surface area contributed by atoms with Gasteiger partial charge in [0.2, 0.25) is 0 Å².